The molecular weight excluding hydrogens is 262 g/mol. The van der Waals surface area contributed by atoms with E-state index in [-0.39, 0.29) is 23.7 Å². The van der Waals surface area contributed by atoms with Crippen molar-refractivity contribution in [1.29, 1.82) is 0 Å². The number of thioether (sulfide) groups is 1. The Balaban J connectivity index is 2.46. The Morgan fingerprint density at radius 1 is 1.33 bits per heavy atom. The smallest absolute Gasteiger partial charge is 0.306 e. The van der Waals surface area contributed by atoms with Crippen molar-refractivity contribution in [3.8, 4) is 0 Å². The number of hydrogen-bond acceptors (Lipinski definition) is 4. The van der Waals surface area contributed by atoms with Gasteiger partial charge in [-0.1, -0.05) is 0 Å². The van der Waals surface area contributed by atoms with Crippen LogP contribution in [0.4, 0.5) is 8.78 Å². The van der Waals surface area contributed by atoms with Crippen molar-refractivity contribution in [3.63, 3.8) is 0 Å². The van der Waals surface area contributed by atoms with Crippen molar-refractivity contribution in [3.05, 3.63) is 35.4 Å². The molecule has 6 heteroatoms. The van der Waals surface area contributed by atoms with E-state index in [1.54, 1.807) is 0 Å². The molecule has 0 heterocycles. The number of ether oxygens (including phenoxy) is 1. The first-order chi connectivity index (χ1) is 8.54. The molecule has 18 heavy (non-hydrogen) atoms. The third-order valence-electron chi connectivity index (χ3n) is 2.14. The van der Waals surface area contributed by atoms with Gasteiger partial charge in [-0.2, -0.15) is 11.8 Å². The highest BCUT2D eigenvalue weighted by Crippen LogP contribution is 2.14. The zero-order valence-electron chi connectivity index (χ0n) is 9.74. The number of carbonyl (C=O) groups excluding carboxylic acids is 2. The van der Waals surface area contributed by atoms with Gasteiger partial charge in [0.05, 0.1) is 24.8 Å². The third kappa shape index (κ3) is 4.44. The predicted octanol–water partition coefficient (Wildman–Crippen LogP) is 2.44. The molecule has 0 aromatic heterocycles. The Bertz CT molecular complexity index is 449. The van der Waals surface area contributed by atoms with E-state index in [1.807, 2.05) is 0 Å². The number of rotatable bonds is 6. The average molecular weight is 274 g/mol. The van der Waals surface area contributed by atoms with E-state index < -0.39 is 17.4 Å². The fraction of sp³-hybridized carbons (Fsp3) is 0.333. The summed E-state index contributed by atoms with van der Waals surface area (Å²) in [7, 11) is 1.28. The number of benzene rings is 1. The lowest BCUT2D eigenvalue weighted by Gasteiger charge is -2.03. The minimum atomic E-state index is -0.741. The number of methoxy groups -OCH3 is 1. The van der Waals surface area contributed by atoms with Crippen LogP contribution in [0.15, 0.2) is 18.2 Å². The number of hydrogen-bond donors (Lipinski definition) is 0. The van der Waals surface area contributed by atoms with Gasteiger partial charge in [0.15, 0.2) is 5.78 Å². The monoisotopic (exact) mass is 274 g/mol. The lowest BCUT2D eigenvalue weighted by atomic mass is 10.1. The van der Waals surface area contributed by atoms with Gasteiger partial charge in [0.25, 0.3) is 0 Å². The molecule has 0 aliphatic carbocycles. The van der Waals surface area contributed by atoms with Crippen LogP contribution in [0.25, 0.3) is 0 Å². The highest BCUT2D eigenvalue weighted by Gasteiger charge is 2.13. The zero-order valence-corrected chi connectivity index (χ0v) is 10.6. The summed E-state index contributed by atoms with van der Waals surface area (Å²) in [6.45, 7) is 0. The SMILES string of the molecule is COC(=O)CCSCC(=O)c1cc(F)ccc1F. The van der Waals surface area contributed by atoms with Crippen LogP contribution in [0.5, 0.6) is 0 Å². The van der Waals surface area contributed by atoms with E-state index >= 15 is 0 Å². The quantitative estimate of drug-likeness (QED) is 0.454. The molecule has 0 unspecified atom stereocenters. The van der Waals surface area contributed by atoms with Gasteiger partial charge in [-0.15, -0.1) is 0 Å². The van der Waals surface area contributed by atoms with Crippen molar-refractivity contribution in [1.82, 2.24) is 0 Å². The second-order valence-corrected chi connectivity index (χ2v) is 4.53. The maximum absolute atomic E-state index is 13.2. The Morgan fingerprint density at radius 2 is 2.06 bits per heavy atom. The molecule has 0 bridgehead atoms. The first-order valence-corrected chi connectivity index (χ1v) is 6.33. The Hall–Kier alpha value is -1.43. The fourth-order valence-corrected chi connectivity index (χ4v) is 2.01. The van der Waals surface area contributed by atoms with Crippen LogP contribution >= 0.6 is 11.8 Å². The summed E-state index contributed by atoms with van der Waals surface area (Å²) in [5.74, 6) is -1.87. The van der Waals surface area contributed by atoms with Gasteiger partial charge < -0.3 is 4.74 Å². The number of esters is 1. The maximum Gasteiger partial charge on any atom is 0.306 e. The van der Waals surface area contributed by atoms with Crippen LogP contribution in [0.3, 0.4) is 0 Å². The third-order valence-corrected chi connectivity index (χ3v) is 3.10. The normalized spacial score (nSPS) is 10.2. The molecule has 98 valence electrons. The van der Waals surface area contributed by atoms with Crippen LogP contribution in [0.2, 0.25) is 0 Å². The summed E-state index contributed by atoms with van der Waals surface area (Å²) in [6.07, 6.45) is 0.181. The molecule has 0 atom stereocenters. The van der Waals surface area contributed by atoms with Gasteiger partial charge in [0, 0.05) is 5.75 Å². The minimum absolute atomic E-state index is 0.00261. The van der Waals surface area contributed by atoms with Gasteiger partial charge >= 0.3 is 5.97 Å². The molecule has 0 fully saturated rings. The highest BCUT2D eigenvalue weighted by atomic mass is 32.2. The van der Waals surface area contributed by atoms with Crippen molar-refractivity contribution < 1.29 is 23.1 Å². The largest absolute Gasteiger partial charge is 0.469 e. The number of ketones is 1. The molecule has 1 aromatic rings. The van der Waals surface area contributed by atoms with Crippen molar-refractivity contribution in [2.75, 3.05) is 18.6 Å². The molecule has 0 saturated heterocycles. The van der Waals surface area contributed by atoms with Crippen molar-refractivity contribution in [2.45, 2.75) is 6.42 Å². The summed E-state index contributed by atoms with van der Waals surface area (Å²) in [5, 5.41) is 0. The summed E-state index contributed by atoms with van der Waals surface area (Å²) >= 11 is 1.17. The average Bonchev–Trinajstić information content (AvgIpc) is 2.36. The molecule has 0 aliphatic rings. The van der Waals surface area contributed by atoms with Crippen LogP contribution in [-0.4, -0.2) is 30.4 Å². The van der Waals surface area contributed by atoms with Gasteiger partial charge in [-0.3, -0.25) is 9.59 Å². The molecule has 0 aliphatic heterocycles. The summed E-state index contributed by atoms with van der Waals surface area (Å²) < 4.78 is 30.5. The van der Waals surface area contributed by atoms with Crippen molar-refractivity contribution in [2.24, 2.45) is 0 Å². The molecular formula is C12H12F2O3S. The van der Waals surface area contributed by atoms with E-state index in [0.717, 1.165) is 18.2 Å². The Labute approximate surface area is 108 Å². The van der Waals surface area contributed by atoms with Crippen LogP contribution in [0.1, 0.15) is 16.8 Å². The maximum atomic E-state index is 13.2. The predicted molar refractivity (Wildman–Crippen MR) is 64.6 cm³/mol. The number of Topliss-reactive ketones (excluding diaryl/α,β-unsaturated/α-hetero) is 1. The molecule has 0 spiro atoms. The summed E-state index contributed by atoms with van der Waals surface area (Å²) in [4.78, 5) is 22.4. The van der Waals surface area contributed by atoms with Gasteiger partial charge in [0.1, 0.15) is 11.6 Å². The molecule has 0 N–H and O–H groups in total. The van der Waals surface area contributed by atoms with Crippen molar-refractivity contribution >= 4 is 23.5 Å². The lowest BCUT2D eigenvalue weighted by molar-refractivity contribution is -0.140. The van der Waals surface area contributed by atoms with E-state index in [9.17, 15) is 18.4 Å². The lowest BCUT2D eigenvalue weighted by Crippen LogP contribution is -2.08. The molecule has 0 saturated carbocycles. The Kier molecular flexibility index (Phi) is 5.77. The number of carbonyl (C=O) groups is 2. The standard InChI is InChI=1S/C12H12F2O3S/c1-17-12(16)4-5-18-7-11(15)9-6-8(13)2-3-10(9)14/h2-3,6H,4-5,7H2,1H3. The van der Waals surface area contributed by atoms with E-state index in [2.05, 4.69) is 4.74 Å². The molecule has 0 amide bonds. The number of halogens is 2. The van der Waals surface area contributed by atoms with Gasteiger partial charge in [0.2, 0.25) is 0 Å². The minimum Gasteiger partial charge on any atom is -0.469 e. The first kappa shape index (κ1) is 14.6. The van der Waals surface area contributed by atoms with Crippen LogP contribution < -0.4 is 0 Å². The van der Waals surface area contributed by atoms with E-state index in [0.29, 0.717) is 5.75 Å². The first-order valence-electron chi connectivity index (χ1n) is 5.17. The molecule has 3 nitrogen and oxygen atoms in total. The van der Waals surface area contributed by atoms with E-state index in [4.69, 9.17) is 0 Å². The van der Waals surface area contributed by atoms with Gasteiger partial charge in [-0.05, 0) is 18.2 Å². The summed E-state index contributed by atoms with van der Waals surface area (Å²) in [5.41, 5.74) is -0.263. The highest BCUT2D eigenvalue weighted by molar-refractivity contribution is 8.00. The Morgan fingerprint density at radius 3 is 2.72 bits per heavy atom. The molecule has 1 aromatic carbocycles. The second kappa shape index (κ2) is 7.10. The van der Waals surface area contributed by atoms with E-state index in [1.165, 1.54) is 18.9 Å². The fourth-order valence-electron chi connectivity index (χ4n) is 1.21. The zero-order chi connectivity index (χ0) is 13.5. The van der Waals surface area contributed by atoms with Gasteiger partial charge in [-0.25, -0.2) is 8.78 Å². The second-order valence-electron chi connectivity index (χ2n) is 3.43. The summed E-state index contributed by atoms with van der Waals surface area (Å²) in [6, 6.07) is 2.75. The van der Waals surface area contributed by atoms with Crippen LogP contribution in [0, 0.1) is 11.6 Å². The van der Waals surface area contributed by atoms with Crippen LogP contribution in [-0.2, 0) is 9.53 Å². The molecule has 1 rings (SSSR count). The topological polar surface area (TPSA) is 43.4 Å². The molecule has 0 radical (unpaired) electrons.